The lowest BCUT2D eigenvalue weighted by atomic mass is 9.67. The fourth-order valence-corrected chi connectivity index (χ4v) is 14.6. The van der Waals surface area contributed by atoms with Crippen molar-refractivity contribution in [3.63, 3.8) is 0 Å². The predicted octanol–water partition coefficient (Wildman–Crippen LogP) is 17.0. The van der Waals surface area contributed by atoms with Gasteiger partial charge in [-0.25, -0.2) is 0 Å². The van der Waals surface area contributed by atoms with E-state index in [0.29, 0.717) is 11.8 Å². The van der Waals surface area contributed by atoms with Crippen LogP contribution in [0.25, 0.3) is 33.4 Å². The normalized spacial score (nSPS) is 24.1. The first kappa shape index (κ1) is 40.6. The maximum absolute atomic E-state index is 2.68. The van der Waals surface area contributed by atoms with Gasteiger partial charge in [0.2, 0.25) is 0 Å². The Morgan fingerprint density at radius 2 is 0.716 bits per heavy atom. The van der Waals surface area contributed by atoms with E-state index in [1.165, 1.54) is 115 Å². The Balaban J connectivity index is 0.975. The quantitative estimate of drug-likeness (QED) is 0.164. The molecule has 0 bridgehead atoms. The minimum atomic E-state index is -0.525. The van der Waals surface area contributed by atoms with Crippen LogP contribution in [-0.2, 0) is 5.41 Å². The molecule has 330 valence electrons. The van der Waals surface area contributed by atoms with E-state index in [9.17, 15) is 0 Å². The Labute approximate surface area is 398 Å². The van der Waals surface area contributed by atoms with Gasteiger partial charge >= 0.3 is 0 Å². The van der Waals surface area contributed by atoms with E-state index in [0.717, 1.165) is 0 Å². The maximum atomic E-state index is 2.68. The minimum absolute atomic E-state index is 0.0180. The van der Waals surface area contributed by atoms with Crippen molar-refractivity contribution in [1.29, 1.82) is 0 Å². The number of nitrogens with zero attached hydrogens (tertiary/aromatic N) is 2. The number of rotatable bonds is 6. The van der Waals surface area contributed by atoms with E-state index in [1.54, 1.807) is 0 Å². The van der Waals surface area contributed by atoms with Crippen LogP contribution in [0.5, 0.6) is 0 Å². The fourth-order valence-electron chi connectivity index (χ4n) is 14.6. The van der Waals surface area contributed by atoms with Crippen LogP contribution in [0.2, 0.25) is 0 Å². The van der Waals surface area contributed by atoms with Gasteiger partial charge in [0.25, 0.3) is 0 Å². The summed E-state index contributed by atoms with van der Waals surface area (Å²) < 4.78 is 0. The van der Waals surface area contributed by atoms with Crippen LogP contribution in [0.4, 0.5) is 22.7 Å². The first-order valence-corrected chi connectivity index (χ1v) is 24.9. The Bertz CT molecular complexity index is 3020. The summed E-state index contributed by atoms with van der Waals surface area (Å²) in [5.74, 6) is 0.911. The molecule has 3 aliphatic carbocycles. The van der Waals surface area contributed by atoms with Gasteiger partial charge < -0.3 is 9.80 Å². The van der Waals surface area contributed by atoms with Crippen LogP contribution in [0.3, 0.4) is 0 Å². The molecule has 13 rings (SSSR count). The van der Waals surface area contributed by atoms with Crippen molar-refractivity contribution < 1.29 is 0 Å². The largest absolute Gasteiger partial charge is 0.334 e. The van der Waals surface area contributed by atoms with Gasteiger partial charge in [0.05, 0.1) is 16.5 Å². The molecule has 2 heteroatoms. The molecule has 0 spiro atoms. The summed E-state index contributed by atoms with van der Waals surface area (Å²) in [5.41, 5.74) is 21.1. The maximum Gasteiger partial charge on any atom is 0.0713 e. The van der Waals surface area contributed by atoms with E-state index in [2.05, 4.69) is 245 Å². The van der Waals surface area contributed by atoms with Gasteiger partial charge in [-0.3, -0.25) is 0 Å². The van der Waals surface area contributed by atoms with Gasteiger partial charge in [-0.15, -0.1) is 0 Å². The minimum Gasteiger partial charge on any atom is -0.334 e. The number of anilines is 4. The van der Waals surface area contributed by atoms with Gasteiger partial charge in [0.1, 0.15) is 0 Å². The summed E-state index contributed by atoms with van der Waals surface area (Å²) >= 11 is 0. The topological polar surface area (TPSA) is 6.48 Å². The van der Waals surface area contributed by atoms with Gasteiger partial charge in [0, 0.05) is 34.6 Å². The second-order valence-corrected chi connectivity index (χ2v) is 22.1. The number of benzene rings is 8. The Morgan fingerprint density at radius 1 is 0.373 bits per heavy atom. The van der Waals surface area contributed by atoms with E-state index < -0.39 is 5.41 Å². The second kappa shape index (κ2) is 14.2. The Kier molecular flexibility index (Phi) is 8.60. The molecule has 5 aliphatic rings. The van der Waals surface area contributed by atoms with Crippen LogP contribution in [0.15, 0.2) is 194 Å². The number of hydrogen-bond acceptors (Lipinski definition) is 2. The van der Waals surface area contributed by atoms with E-state index >= 15 is 0 Å². The van der Waals surface area contributed by atoms with Crippen LogP contribution in [0.1, 0.15) is 112 Å². The molecular formula is C65H60N2. The summed E-state index contributed by atoms with van der Waals surface area (Å²) in [5, 5.41) is 0. The Hall–Kier alpha value is -6.64. The van der Waals surface area contributed by atoms with Crippen molar-refractivity contribution in [1.82, 2.24) is 0 Å². The molecule has 2 heterocycles. The predicted molar refractivity (Wildman–Crippen MR) is 280 cm³/mol. The smallest absolute Gasteiger partial charge is 0.0713 e. The van der Waals surface area contributed by atoms with Crippen molar-refractivity contribution in [2.24, 2.45) is 10.8 Å². The van der Waals surface area contributed by atoms with Crippen molar-refractivity contribution in [2.75, 3.05) is 9.80 Å². The summed E-state index contributed by atoms with van der Waals surface area (Å²) in [4.78, 5) is 5.37. The number of hydrogen-bond donors (Lipinski definition) is 0. The second-order valence-electron chi connectivity index (χ2n) is 22.1. The van der Waals surface area contributed by atoms with E-state index in [-0.39, 0.29) is 21.9 Å². The van der Waals surface area contributed by atoms with Crippen molar-refractivity contribution in [3.8, 4) is 33.4 Å². The first-order valence-electron chi connectivity index (χ1n) is 24.9. The lowest BCUT2D eigenvalue weighted by Gasteiger charge is -2.47. The molecule has 0 radical (unpaired) electrons. The molecule has 0 saturated heterocycles. The van der Waals surface area contributed by atoms with Crippen LogP contribution in [-0.4, -0.2) is 11.1 Å². The summed E-state index contributed by atoms with van der Waals surface area (Å²) in [6.07, 6.45) is 4.83. The zero-order valence-corrected chi connectivity index (χ0v) is 39.9. The van der Waals surface area contributed by atoms with Gasteiger partial charge in [-0.2, -0.15) is 0 Å². The third kappa shape index (κ3) is 5.33. The Morgan fingerprint density at radius 3 is 1.10 bits per heavy atom. The average molecular weight is 869 g/mol. The molecule has 4 atom stereocenters. The fraction of sp³-hybridized carbons (Fsp3) is 0.262. The SMILES string of the molecule is CC1(C)CCC2c3cc(-c4ccc5c(c4)C(c4ccccc4)(c4ccccc4)c4cc(-c6ccc7c(c6)C6CCC(C)(C)C6(C)N7c6ccccc6)ccc4-5)ccc3N(c3ccccc3)C21C. The molecule has 8 aromatic carbocycles. The average Bonchev–Trinajstić information content (AvgIpc) is 4.05. The molecule has 4 unspecified atom stereocenters. The first-order chi connectivity index (χ1) is 32.5. The molecule has 0 aromatic heterocycles. The highest BCUT2D eigenvalue weighted by atomic mass is 15.3. The summed E-state index contributed by atoms with van der Waals surface area (Å²) in [6, 6.07) is 74.4. The van der Waals surface area contributed by atoms with Gasteiger partial charge in [-0.1, -0.05) is 161 Å². The molecule has 2 nitrogen and oxygen atoms in total. The van der Waals surface area contributed by atoms with Crippen molar-refractivity contribution in [3.05, 3.63) is 228 Å². The standard InChI is InChI=1S/C65H60N2/c1-61(2)37-35-55-53-39-43(29-33-59(53)66(63(55,61)5)49-23-15-9-16-24-49)45-27-31-51-52-32-28-46(42-58(52)65(57(51)41-45,47-19-11-7-12-20-47)48-21-13-8-14-22-48)44-30-34-60-54(40-44)56-36-38-62(3,4)64(56,6)67(60)50-25-17-10-18-26-50/h7-34,39-42,55-56H,35-38H2,1-6H3. The lowest BCUT2D eigenvalue weighted by molar-refractivity contribution is 0.222. The zero-order valence-electron chi connectivity index (χ0n) is 39.9. The third-order valence-corrected chi connectivity index (χ3v) is 18.7. The molecular weight excluding hydrogens is 809 g/mol. The molecule has 2 fully saturated rings. The third-order valence-electron chi connectivity index (χ3n) is 18.7. The molecule has 2 aliphatic heterocycles. The highest BCUT2D eigenvalue weighted by Crippen LogP contribution is 2.67. The van der Waals surface area contributed by atoms with Crippen LogP contribution >= 0.6 is 0 Å². The molecule has 2 saturated carbocycles. The summed E-state index contributed by atoms with van der Waals surface area (Å²) in [6.45, 7) is 15.0. The van der Waals surface area contributed by atoms with Gasteiger partial charge in [-0.05, 0) is 178 Å². The monoisotopic (exact) mass is 868 g/mol. The van der Waals surface area contributed by atoms with Crippen molar-refractivity contribution in [2.45, 2.75) is 95.6 Å². The van der Waals surface area contributed by atoms with Gasteiger partial charge in [0.15, 0.2) is 0 Å². The number of para-hydroxylation sites is 2. The van der Waals surface area contributed by atoms with Crippen LogP contribution < -0.4 is 9.80 Å². The zero-order chi connectivity index (χ0) is 45.5. The summed E-state index contributed by atoms with van der Waals surface area (Å²) in [7, 11) is 0. The highest BCUT2D eigenvalue weighted by Gasteiger charge is 2.62. The van der Waals surface area contributed by atoms with E-state index in [1.807, 2.05) is 0 Å². The highest BCUT2D eigenvalue weighted by molar-refractivity contribution is 5.91. The molecule has 0 N–H and O–H groups in total. The molecule has 67 heavy (non-hydrogen) atoms. The molecule has 0 amide bonds. The van der Waals surface area contributed by atoms with Crippen molar-refractivity contribution >= 4 is 22.7 Å². The molecule has 8 aromatic rings. The lowest BCUT2D eigenvalue weighted by Crippen LogP contribution is -2.50. The van der Waals surface area contributed by atoms with Crippen LogP contribution in [0, 0.1) is 10.8 Å². The number of fused-ring (bicyclic) bond motifs is 9. The van der Waals surface area contributed by atoms with E-state index in [4.69, 9.17) is 0 Å².